The number of hydrogen-bond acceptors (Lipinski definition) is 5. The molecule has 1 aliphatic heterocycles. The molecule has 1 aliphatic rings. The number of fused-ring (bicyclic) bond motifs is 2. The van der Waals surface area contributed by atoms with Crippen LogP contribution in [0.4, 0.5) is 11.4 Å². The van der Waals surface area contributed by atoms with E-state index >= 15 is 0 Å². The third-order valence-corrected chi connectivity index (χ3v) is 6.15. The lowest BCUT2D eigenvalue weighted by Gasteiger charge is -2.28. The molecule has 0 bridgehead atoms. The minimum absolute atomic E-state index is 0.0583. The number of carbonyl (C=O) groups is 1. The smallest absolute Gasteiger partial charge is 0.270 e. The number of aliphatic imine (C=N–C) groups is 1. The normalized spacial score (nSPS) is 13.7. The molecule has 4 aromatic rings. The highest BCUT2D eigenvalue weighted by Gasteiger charge is 2.22. The minimum Gasteiger partial charge on any atom is -0.494 e. The Hall–Kier alpha value is -4.46. The number of aromatic nitrogens is 1. The molecule has 5 rings (SSSR count). The molecule has 3 aromatic carbocycles. The minimum atomic E-state index is -0.458. The lowest BCUT2D eigenvalue weighted by molar-refractivity contribution is -0.384. The summed E-state index contributed by atoms with van der Waals surface area (Å²) < 4.78 is 0. The number of rotatable bonds is 4. The standard InChI is InChI=1S/C26H22N4O4/c1-16(31)29-12-11-18-13-20(8-7-19(18)15-29)27-25(17-5-3-2-4-6-17)24-22-14-21(30(33)34)9-10-23(22)28-26(24)32/h2-10,13-14,28,32H,11-12,15H2,1H3. The number of hydrogen-bond donors (Lipinski definition) is 2. The third-order valence-electron chi connectivity index (χ3n) is 6.15. The second-order valence-electron chi connectivity index (χ2n) is 8.31. The van der Waals surface area contributed by atoms with Crippen LogP contribution in [0.1, 0.15) is 29.2 Å². The Morgan fingerprint density at radius 2 is 1.88 bits per heavy atom. The van der Waals surface area contributed by atoms with Gasteiger partial charge in [0.05, 0.1) is 21.9 Å². The van der Waals surface area contributed by atoms with Crippen LogP contribution in [0.5, 0.6) is 5.88 Å². The molecule has 34 heavy (non-hydrogen) atoms. The summed E-state index contributed by atoms with van der Waals surface area (Å²) in [5, 5.41) is 22.7. The molecule has 1 amide bonds. The number of non-ortho nitro benzene ring substituents is 1. The molecule has 0 radical (unpaired) electrons. The van der Waals surface area contributed by atoms with E-state index in [0.29, 0.717) is 41.0 Å². The molecular formula is C26H22N4O4. The fourth-order valence-corrected chi connectivity index (χ4v) is 4.39. The summed E-state index contributed by atoms with van der Waals surface area (Å²) >= 11 is 0. The predicted octanol–water partition coefficient (Wildman–Crippen LogP) is 4.86. The summed E-state index contributed by atoms with van der Waals surface area (Å²) in [7, 11) is 0. The number of amides is 1. The van der Waals surface area contributed by atoms with Gasteiger partial charge in [0.15, 0.2) is 5.88 Å². The Labute approximate surface area is 195 Å². The maximum atomic E-state index is 11.7. The van der Waals surface area contributed by atoms with Gasteiger partial charge in [-0.2, -0.15) is 0 Å². The highest BCUT2D eigenvalue weighted by molar-refractivity contribution is 6.22. The Morgan fingerprint density at radius 1 is 1.09 bits per heavy atom. The van der Waals surface area contributed by atoms with Gasteiger partial charge in [-0.15, -0.1) is 0 Å². The third kappa shape index (κ3) is 3.90. The van der Waals surface area contributed by atoms with Crippen molar-refractivity contribution in [3.63, 3.8) is 0 Å². The van der Waals surface area contributed by atoms with Crippen LogP contribution in [0.15, 0.2) is 71.7 Å². The number of H-pyrrole nitrogens is 1. The van der Waals surface area contributed by atoms with E-state index in [9.17, 15) is 20.0 Å². The molecule has 8 heteroatoms. The lowest BCUT2D eigenvalue weighted by Crippen LogP contribution is -2.34. The van der Waals surface area contributed by atoms with Crippen LogP contribution in [0, 0.1) is 10.1 Å². The average Bonchev–Trinajstić information content (AvgIpc) is 3.17. The van der Waals surface area contributed by atoms with Gasteiger partial charge < -0.3 is 15.0 Å². The number of aromatic amines is 1. The zero-order chi connectivity index (χ0) is 23.8. The number of aromatic hydroxyl groups is 1. The Morgan fingerprint density at radius 3 is 2.62 bits per heavy atom. The molecule has 2 heterocycles. The van der Waals surface area contributed by atoms with E-state index in [0.717, 1.165) is 23.1 Å². The molecule has 0 saturated heterocycles. The van der Waals surface area contributed by atoms with Crippen LogP contribution in [0.25, 0.3) is 10.9 Å². The van der Waals surface area contributed by atoms with E-state index in [1.54, 1.807) is 13.0 Å². The first-order valence-electron chi connectivity index (χ1n) is 10.9. The largest absolute Gasteiger partial charge is 0.494 e. The Kier molecular flexibility index (Phi) is 5.33. The van der Waals surface area contributed by atoms with Crippen molar-refractivity contribution in [2.75, 3.05) is 6.54 Å². The second kappa shape index (κ2) is 8.47. The zero-order valence-electron chi connectivity index (χ0n) is 18.5. The average molecular weight is 454 g/mol. The van der Waals surface area contributed by atoms with Gasteiger partial charge in [-0.05, 0) is 35.7 Å². The monoisotopic (exact) mass is 454 g/mol. The van der Waals surface area contributed by atoms with Gasteiger partial charge >= 0.3 is 0 Å². The van der Waals surface area contributed by atoms with E-state index in [2.05, 4.69) is 4.98 Å². The summed E-state index contributed by atoms with van der Waals surface area (Å²) in [5.74, 6) is -0.0452. The summed E-state index contributed by atoms with van der Waals surface area (Å²) in [5.41, 5.74) is 5.12. The van der Waals surface area contributed by atoms with E-state index < -0.39 is 4.92 Å². The number of nitro benzene ring substituents is 1. The highest BCUT2D eigenvalue weighted by Crippen LogP contribution is 2.34. The number of carbonyl (C=O) groups excluding carboxylic acids is 1. The van der Waals surface area contributed by atoms with Crippen molar-refractivity contribution in [2.45, 2.75) is 19.9 Å². The van der Waals surface area contributed by atoms with Crippen molar-refractivity contribution < 1.29 is 14.8 Å². The molecule has 170 valence electrons. The summed E-state index contributed by atoms with van der Waals surface area (Å²) in [6.07, 6.45) is 0.740. The Bertz CT molecular complexity index is 1460. The fourth-order valence-electron chi connectivity index (χ4n) is 4.39. The van der Waals surface area contributed by atoms with Crippen molar-refractivity contribution in [3.05, 3.63) is 99.1 Å². The van der Waals surface area contributed by atoms with Crippen molar-refractivity contribution in [1.82, 2.24) is 9.88 Å². The molecule has 0 fully saturated rings. The van der Waals surface area contributed by atoms with Gasteiger partial charge in [-0.1, -0.05) is 36.4 Å². The molecule has 0 aliphatic carbocycles. The van der Waals surface area contributed by atoms with Gasteiger partial charge in [0.25, 0.3) is 5.69 Å². The van der Waals surface area contributed by atoms with Gasteiger partial charge in [0.1, 0.15) is 0 Å². The second-order valence-corrected chi connectivity index (χ2v) is 8.31. The zero-order valence-corrected chi connectivity index (χ0v) is 18.5. The molecule has 1 aromatic heterocycles. The topological polar surface area (TPSA) is 112 Å². The fraction of sp³-hybridized carbons (Fsp3) is 0.154. The van der Waals surface area contributed by atoms with Crippen molar-refractivity contribution in [3.8, 4) is 5.88 Å². The van der Waals surface area contributed by atoms with Crippen LogP contribution >= 0.6 is 0 Å². The van der Waals surface area contributed by atoms with Crippen molar-refractivity contribution >= 4 is 33.9 Å². The lowest BCUT2D eigenvalue weighted by atomic mass is 9.98. The number of nitrogens with one attached hydrogen (secondary N) is 1. The first kappa shape index (κ1) is 21.4. The Balaban J connectivity index is 1.66. The molecule has 0 atom stereocenters. The van der Waals surface area contributed by atoms with Crippen molar-refractivity contribution in [1.29, 1.82) is 0 Å². The molecule has 0 saturated carbocycles. The highest BCUT2D eigenvalue weighted by atomic mass is 16.6. The molecule has 0 spiro atoms. The quantitative estimate of drug-likeness (QED) is 0.261. The van der Waals surface area contributed by atoms with Crippen LogP contribution in [-0.4, -0.2) is 38.1 Å². The van der Waals surface area contributed by atoms with Crippen molar-refractivity contribution in [2.24, 2.45) is 4.99 Å². The van der Waals surface area contributed by atoms with E-state index in [4.69, 9.17) is 4.99 Å². The van der Waals surface area contributed by atoms with Crippen LogP contribution in [0.3, 0.4) is 0 Å². The van der Waals surface area contributed by atoms with Crippen LogP contribution in [0.2, 0.25) is 0 Å². The van der Waals surface area contributed by atoms with E-state index in [1.807, 2.05) is 53.4 Å². The number of nitro groups is 1. The molecule has 8 nitrogen and oxygen atoms in total. The van der Waals surface area contributed by atoms with Gasteiger partial charge in [-0.3, -0.25) is 14.9 Å². The van der Waals surface area contributed by atoms with E-state index in [-0.39, 0.29) is 17.5 Å². The molecular weight excluding hydrogens is 432 g/mol. The first-order chi connectivity index (χ1) is 16.4. The van der Waals surface area contributed by atoms with Gasteiger partial charge in [0, 0.05) is 48.6 Å². The SMILES string of the molecule is CC(=O)N1CCc2cc(N=C(c3ccccc3)c3c(O)[nH]c4ccc([N+](=O)[O-])cc34)ccc2C1. The predicted molar refractivity (Wildman–Crippen MR) is 130 cm³/mol. The van der Waals surface area contributed by atoms with Gasteiger partial charge in [0.2, 0.25) is 5.91 Å². The summed E-state index contributed by atoms with van der Waals surface area (Å²) in [6, 6.07) is 19.7. The first-order valence-corrected chi connectivity index (χ1v) is 10.9. The summed E-state index contributed by atoms with van der Waals surface area (Å²) in [6.45, 7) is 2.81. The number of nitrogens with zero attached hydrogens (tertiary/aromatic N) is 3. The van der Waals surface area contributed by atoms with E-state index in [1.165, 1.54) is 12.1 Å². The molecule has 0 unspecified atom stereocenters. The molecule has 2 N–H and O–H groups in total. The van der Waals surface area contributed by atoms with Crippen LogP contribution < -0.4 is 0 Å². The number of benzene rings is 3. The maximum Gasteiger partial charge on any atom is 0.270 e. The van der Waals surface area contributed by atoms with Crippen LogP contribution in [-0.2, 0) is 17.8 Å². The van der Waals surface area contributed by atoms with Gasteiger partial charge in [-0.25, -0.2) is 4.99 Å². The maximum absolute atomic E-state index is 11.7. The summed E-state index contributed by atoms with van der Waals surface area (Å²) in [4.78, 5) is 32.3.